The van der Waals surface area contributed by atoms with Crippen molar-refractivity contribution in [3.8, 4) is 0 Å². The first-order valence-electron chi connectivity index (χ1n) is 14.6. The molecule has 0 N–H and O–H groups in total. The third kappa shape index (κ3) is 6.21. The molecule has 0 aromatic heterocycles. The lowest BCUT2D eigenvalue weighted by molar-refractivity contribution is 0.111. The van der Waals surface area contributed by atoms with Gasteiger partial charge in [0.1, 0.15) is 11.6 Å². The van der Waals surface area contributed by atoms with E-state index in [1.807, 2.05) is 0 Å². The molecule has 1 aromatic carbocycles. The molecule has 0 aliphatic heterocycles. The van der Waals surface area contributed by atoms with Crippen LogP contribution in [-0.2, 0) is 12.8 Å². The molecule has 5 unspecified atom stereocenters. The van der Waals surface area contributed by atoms with Crippen molar-refractivity contribution in [1.29, 1.82) is 0 Å². The summed E-state index contributed by atoms with van der Waals surface area (Å²) in [7, 11) is 0. The molecule has 186 valence electrons. The minimum Gasteiger partial charge on any atom is -0.207 e. The Bertz CT molecular complexity index is 754. The van der Waals surface area contributed by atoms with Crippen LogP contribution in [0.25, 0.3) is 0 Å². The Labute approximate surface area is 202 Å². The van der Waals surface area contributed by atoms with Crippen LogP contribution in [0.5, 0.6) is 0 Å². The third-order valence-corrected chi connectivity index (χ3v) is 9.57. The summed E-state index contributed by atoms with van der Waals surface area (Å²) in [4.78, 5) is 0. The Kier molecular flexibility index (Phi) is 9.28. The summed E-state index contributed by atoms with van der Waals surface area (Å²) < 4.78 is 31.0. The van der Waals surface area contributed by atoms with E-state index in [1.54, 1.807) is 6.07 Å². The van der Waals surface area contributed by atoms with Crippen molar-refractivity contribution in [1.82, 2.24) is 0 Å². The number of fused-ring (bicyclic) bond motifs is 2. The topological polar surface area (TPSA) is 0 Å². The van der Waals surface area contributed by atoms with Gasteiger partial charge in [0.2, 0.25) is 0 Å². The van der Waals surface area contributed by atoms with Crippen molar-refractivity contribution in [3.63, 3.8) is 0 Å². The van der Waals surface area contributed by atoms with Crippen LogP contribution >= 0.6 is 0 Å². The summed E-state index contributed by atoms with van der Waals surface area (Å²) in [6.45, 7) is 4.54. The third-order valence-electron chi connectivity index (χ3n) is 9.57. The summed E-state index contributed by atoms with van der Waals surface area (Å²) in [5, 5.41) is 0. The van der Waals surface area contributed by atoms with E-state index in [4.69, 9.17) is 0 Å². The van der Waals surface area contributed by atoms with Crippen molar-refractivity contribution < 1.29 is 8.78 Å². The van der Waals surface area contributed by atoms with E-state index in [1.165, 1.54) is 83.5 Å². The second-order valence-electron chi connectivity index (χ2n) is 11.9. The lowest BCUT2D eigenvalue weighted by Gasteiger charge is -2.42. The fraction of sp³-hybridized carbons (Fsp3) is 0.806. The van der Waals surface area contributed by atoms with Crippen molar-refractivity contribution >= 4 is 0 Å². The van der Waals surface area contributed by atoms with Crippen molar-refractivity contribution in [2.24, 2.45) is 23.7 Å². The molecule has 0 nitrogen and oxygen atoms in total. The molecule has 2 heteroatoms. The Balaban J connectivity index is 1.36. The number of benzene rings is 1. The highest BCUT2D eigenvalue weighted by molar-refractivity contribution is 5.39. The predicted octanol–water partition coefficient (Wildman–Crippen LogP) is 9.92. The Hall–Kier alpha value is -0.920. The molecule has 0 heterocycles. The van der Waals surface area contributed by atoms with Crippen LogP contribution in [-0.4, -0.2) is 0 Å². The zero-order chi connectivity index (χ0) is 23.2. The number of halogens is 2. The van der Waals surface area contributed by atoms with E-state index in [9.17, 15) is 0 Å². The predicted molar refractivity (Wildman–Crippen MR) is 136 cm³/mol. The SMILES string of the molecule is CCCCCCCC1CCc2c(cc(F)c(C3CCC4CC(CCCC)CCC4C3)c2F)C1. The Morgan fingerprint density at radius 3 is 2.30 bits per heavy atom. The number of hydrogen-bond acceptors (Lipinski definition) is 0. The van der Waals surface area contributed by atoms with E-state index in [-0.39, 0.29) is 17.6 Å². The second-order valence-corrected chi connectivity index (χ2v) is 11.9. The standard InChI is InChI=1S/C31H48F2/c1-3-5-7-8-9-11-23-13-17-28-27(19-23)21-29(32)30(31(28)33)26-16-15-24-18-22(10-6-4-2)12-14-25(24)20-26/h21-26H,3-20H2,1-2H3. The van der Waals surface area contributed by atoms with Crippen LogP contribution in [0.3, 0.4) is 0 Å². The first-order chi connectivity index (χ1) is 16.1. The van der Waals surface area contributed by atoms with Gasteiger partial charge in [0.15, 0.2) is 0 Å². The summed E-state index contributed by atoms with van der Waals surface area (Å²) in [6.07, 6.45) is 21.7. The molecular weight excluding hydrogens is 410 g/mol. The van der Waals surface area contributed by atoms with Gasteiger partial charge in [-0.1, -0.05) is 78.1 Å². The van der Waals surface area contributed by atoms with Crippen LogP contribution in [0.1, 0.15) is 139 Å². The van der Waals surface area contributed by atoms with Crippen LogP contribution < -0.4 is 0 Å². The van der Waals surface area contributed by atoms with E-state index in [2.05, 4.69) is 13.8 Å². The van der Waals surface area contributed by atoms with Crippen molar-refractivity contribution in [3.05, 3.63) is 34.4 Å². The van der Waals surface area contributed by atoms with Gasteiger partial charge in [0, 0.05) is 5.56 Å². The fourth-order valence-corrected chi connectivity index (χ4v) is 7.60. The first-order valence-corrected chi connectivity index (χ1v) is 14.6. The molecule has 5 atom stereocenters. The maximum atomic E-state index is 15.7. The highest BCUT2D eigenvalue weighted by Gasteiger charge is 2.38. The molecule has 0 radical (unpaired) electrons. The fourth-order valence-electron chi connectivity index (χ4n) is 7.60. The number of hydrogen-bond donors (Lipinski definition) is 0. The van der Waals surface area contributed by atoms with Gasteiger partial charge >= 0.3 is 0 Å². The van der Waals surface area contributed by atoms with E-state index in [0.29, 0.717) is 17.4 Å². The average molecular weight is 459 g/mol. The molecule has 0 bridgehead atoms. The van der Waals surface area contributed by atoms with Gasteiger partial charge in [-0.2, -0.15) is 0 Å². The van der Waals surface area contributed by atoms with Gasteiger partial charge in [-0.25, -0.2) is 8.78 Å². The molecule has 0 spiro atoms. The molecule has 1 aromatic rings. The minimum absolute atomic E-state index is 0.0973. The van der Waals surface area contributed by atoms with Gasteiger partial charge in [-0.3, -0.25) is 0 Å². The van der Waals surface area contributed by atoms with Crippen molar-refractivity contribution in [2.45, 2.75) is 135 Å². The van der Waals surface area contributed by atoms with Crippen molar-refractivity contribution in [2.75, 3.05) is 0 Å². The molecule has 0 amide bonds. The molecular formula is C31H48F2. The maximum Gasteiger partial charge on any atom is 0.133 e. The number of unbranched alkanes of at least 4 members (excludes halogenated alkanes) is 5. The number of rotatable bonds is 10. The molecule has 2 saturated carbocycles. The van der Waals surface area contributed by atoms with Gasteiger partial charge in [-0.05, 0) is 98.1 Å². The summed E-state index contributed by atoms with van der Waals surface area (Å²) in [5.74, 6) is 2.70. The normalized spacial score (nSPS) is 29.5. The largest absolute Gasteiger partial charge is 0.207 e. The Morgan fingerprint density at radius 1 is 0.758 bits per heavy atom. The summed E-state index contributed by atoms with van der Waals surface area (Å²) in [6, 6.07) is 1.74. The Morgan fingerprint density at radius 2 is 1.48 bits per heavy atom. The van der Waals surface area contributed by atoms with Crippen LogP contribution in [0, 0.1) is 35.3 Å². The van der Waals surface area contributed by atoms with Gasteiger partial charge < -0.3 is 0 Å². The monoisotopic (exact) mass is 458 g/mol. The summed E-state index contributed by atoms with van der Waals surface area (Å²) in [5.41, 5.74) is 2.29. The molecule has 4 rings (SSSR count). The lowest BCUT2D eigenvalue weighted by atomic mass is 9.63. The lowest BCUT2D eigenvalue weighted by Crippen LogP contribution is -2.31. The molecule has 2 fully saturated rings. The van der Waals surface area contributed by atoms with Gasteiger partial charge in [0.25, 0.3) is 0 Å². The second kappa shape index (κ2) is 12.2. The van der Waals surface area contributed by atoms with E-state index >= 15 is 8.78 Å². The zero-order valence-electron chi connectivity index (χ0n) is 21.4. The smallest absolute Gasteiger partial charge is 0.133 e. The zero-order valence-corrected chi connectivity index (χ0v) is 21.4. The quantitative estimate of drug-likeness (QED) is 0.306. The molecule has 3 aliphatic carbocycles. The van der Waals surface area contributed by atoms with Crippen LogP contribution in [0.4, 0.5) is 8.78 Å². The van der Waals surface area contributed by atoms with E-state index in [0.717, 1.165) is 55.1 Å². The molecule has 33 heavy (non-hydrogen) atoms. The molecule has 0 saturated heterocycles. The van der Waals surface area contributed by atoms with E-state index < -0.39 is 0 Å². The maximum absolute atomic E-state index is 15.7. The van der Waals surface area contributed by atoms with Gasteiger partial charge in [-0.15, -0.1) is 0 Å². The highest BCUT2D eigenvalue weighted by atomic mass is 19.1. The summed E-state index contributed by atoms with van der Waals surface area (Å²) >= 11 is 0. The van der Waals surface area contributed by atoms with Crippen LogP contribution in [0.15, 0.2) is 6.07 Å². The first kappa shape index (κ1) is 25.2. The van der Waals surface area contributed by atoms with Crippen LogP contribution in [0.2, 0.25) is 0 Å². The molecule has 3 aliphatic rings. The average Bonchev–Trinajstić information content (AvgIpc) is 2.82. The van der Waals surface area contributed by atoms with Gasteiger partial charge in [0.05, 0.1) is 0 Å². The highest BCUT2D eigenvalue weighted by Crippen LogP contribution is 2.49. The minimum atomic E-state index is -0.241.